The molecule has 0 spiro atoms. The van der Waals surface area contributed by atoms with Gasteiger partial charge in [0.25, 0.3) is 0 Å². The number of fused-ring (bicyclic) bond motifs is 1. The lowest BCUT2D eigenvalue weighted by molar-refractivity contribution is -0.193. The van der Waals surface area contributed by atoms with E-state index in [9.17, 15) is 18.0 Å². The Morgan fingerprint density at radius 3 is 2.80 bits per heavy atom. The zero-order valence-corrected chi connectivity index (χ0v) is 14.2. The van der Waals surface area contributed by atoms with Crippen LogP contribution in [0.4, 0.5) is 13.2 Å². The Balaban J connectivity index is 1.79. The number of hydrogen-bond donors (Lipinski definition) is 0. The molecule has 3 nitrogen and oxygen atoms in total. The molecule has 0 unspecified atom stereocenters. The Morgan fingerprint density at radius 2 is 2.08 bits per heavy atom. The number of carbonyl (C=O) groups excluding carboxylic acids is 1. The predicted molar refractivity (Wildman–Crippen MR) is 86.5 cm³/mol. The first-order valence-corrected chi connectivity index (χ1v) is 8.92. The Morgan fingerprint density at radius 1 is 1.28 bits per heavy atom. The van der Waals surface area contributed by atoms with Crippen molar-refractivity contribution < 1.29 is 22.7 Å². The summed E-state index contributed by atoms with van der Waals surface area (Å²) in [5.41, 5.74) is 2.21. The number of rotatable bonds is 1. The molecule has 6 heteroatoms. The van der Waals surface area contributed by atoms with E-state index in [4.69, 9.17) is 4.74 Å². The molecule has 1 aliphatic heterocycles. The van der Waals surface area contributed by atoms with Crippen LogP contribution < -0.4 is 4.74 Å². The third kappa shape index (κ3) is 2.44. The standard InChI is InChI=1S/C19H22F3NO2/c1-25-13-6-5-12-10-16-14-4-2-3-7-18(14,15(12)11-13)8-9-23(16)17(24)19(20,21)22/h5-6,11,14,16H,2-4,7-10H2,1H3/t14-,16+,18+/m0/s1. The van der Waals surface area contributed by atoms with Gasteiger partial charge in [-0.05, 0) is 54.9 Å². The molecular formula is C19H22F3NO2. The van der Waals surface area contributed by atoms with Crippen molar-refractivity contribution in [1.82, 2.24) is 4.90 Å². The third-order valence-corrected chi connectivity index (χ3v) is 6.55. The molecule has 2 aliphatic carbocycles. The Hall–Kier alpha value is -1.72. The molecular weight excluding hydrogens is 331 g/mol. The summed E-state index contributed by atoms with van der Waals surface area (Å²) in [6, 6.07) is 5.56. The zero-order chi connectivity index (χ0) is 17.8. The fourth-order valence-corrected chi connectivity index (χ4v) is 5.53. The molecule has 1 aromatic rings. The fourth-order valence-electron chi connectivity index (χ4n) is 5.53. The van der Waals surface area contributed by atoms with Crippen molar-refractivity contribution in [3.63, 3.8) is 0 Å². The molecule has 1 amide bonds. The Kier molecular flexibility index (Phi) is 3.78. The monoisotopic (exact) mass is 353 g/mol. The average Bonchev–Trinajstić information content (AvgIpc) is 2.60. The summed E-state index contributed by atoms with van der Waals surface area (Å²) in [5, 5.41) is 0. The van der Waals surface area contributed by atoms with Crippen LogP contribution in [0, 0.1) is 5.92 Å². The van der Waals surface area contributed by atoms with E-state index in [0.29, 0.717) is 12.8 Å². The Labute approximate surface area is 145 Å². The first-order chi connectivity index (χ1) is 11.9. The maximum Gasteiger partial charge on any atom is 0.471 e. The van der Waals surface area contributed by atoms with Crippen molar-refractivity contribution >= 4 is 5.91 Å². The van der Waals surface area contributed by atoms with E-state index in [2.05, 4.69) is 6.07 Å². The maximum atomic E-state index is 13.1. The first kappa shape index (κ1) is 16.7. The van der Waals surface area contributed by atoms with E-state index < -0.39 is 12.1 Å². The normalized spacial score (nSPS) is 31.1. The molecule has 3 aliphatic rings. The van der Waals surface area contributed by atoms with Gasteiger partial charge < -0.3 is 9.64 Å². The Bertz CT molecular complexity index is 702. The number of ether oxygens (including phenoxy) is 1. The number of piperidine rings is 1. The van der Waals surface area contributed by atoms with Crippen molar-refractivity contribution in [3.05, 3.63) is 29.3 Å². The van der Waals surface area contributed by atoms with Gasteiger partial charge in [-0.1, -0.05) is 18.9 Å². The number of nitrogens with zero attached hydrogens (tertiary/aromatic N) is 1. The number of carbonyl (C=O) groups is 1. The summed E-state index contributed by atoms with van der Waals surface area (Å²) >= 11 is 0. The zero-order valence-electron chi connectivity index (χ0n) is 14.2. The molecule has 2 bridgehead atoms. The molecule has 0 aromatic heterocycles. The lowest BCUT2D eigenvalue weighted by atomic mass is 9.52. The summed E-state index contributed by atoms with van der Waals surface area (Å²) in [6.07, 6.45) is 0.313. The van der Waals surface area contributed by atoms with Crippen molar-refractivity contribution in [1.29, 1.82) is 0 Å². The number of methoxy groups -OCH3 is 1. The van der Waals surface area contributed by atoms with E-state index >= 15 is 0 Å². The number of amides is 1. The van der Waals surface area contributed by atoms with Gasteiger partial charge in [0.05, 0.1) is 7.11 Å². The summed E-state index contributed by atoms with van der Waals surface area (Å²) in [5.74, 6) is -0.765. The highest BCUT2D eigenvalue weighted by Crippen LogP contribution is 2.56. The molecule has 0 radical (unpaired) electrons. The van der Waals surface area contributed by atoms with Gasteiger partial charge >= 0.3 is 12.1 Å². The van der Waals surface area contributed by atoms with Crippen molar-refractivity contribution in [2.24, 2.45) is 5.92 Å². The largest absolute Gasteiger partial charge is 0.497 e. The third-order valence-electron chi connectivity index (χ3n) is 6.55. The van der Waals surface area contributed by atoms with Crippen LogP contribution in [0.1, 0.15) is 43.2 Å². The first-order valence-electron chi connectivity index (χ1n) is 8.92. The van der Waals surface area contributed by atoms with Crippen LogP contribution in [0.25, 0.3) is 0 Å². The van der Waals surface area contributed by atoms with Crippen LogP contribution in [-0.4, -0.2) is 36.7 Å². The second-order valence-corrected chi connectivity index (χ2v) is 7.55. The lowest BCUT2D eigenvalue weighted by Crippen LogP contribution is -2.63. The number of likely N-dealkylation sites (tertiary alicyclic amines) is 1. The van der Waals surface area contributed by atoms with Crippen LogP contribution in [0.5, 0.6) is 5.75 Å². The smallest absolute Gasteiger partial charge is 0.471 e. The quantitative estimate of drug-likeness (QED) is 0.768. The highest BCUT2D eigenvalue weighted by molar-refractivity contribution is 5.82. The van der Waals surface area contributed by atoms with Crippen LogP contribution >= 0.6 is 0 Å². The van der Waals surface area contributed by atoms with Gasteiger partial charge in [0, 0.05) is 18.0 Å². The van der Waals surface area contributed by atoms with E-state index in [1.807, 2.05) is 12.1 Å². The summed E-state index contributed by atoms with van der Waals surface area (Å²) in [7, 11) is 1.63. The van der Waals surface area contributed by atoms with Crippen LogP contribution in [0.15, 0.2) is 18.2 Å². The van der Waals surface area contributed by atoms with Gasteiger partial charge in [0.1, 0.15) is 5.75 Å². The number of halogens is 3. The molecule has 25 heavy (non-hydrogen) atoms. The molecule has 1 aromatic carbocycles. The minimum atomic E-state index is -4.80. The molecule has 136 valence electrons. The van der Waals surface area contributed by atoms with Gasteiger partial charge in [-0.3, -0.25) is 4.79 Å². The topological polar surface area (TPSA) is 29.5 Å². The van der Waals surface area contributed by atoms with Crippen LogP contribution in [0.3, 0.4) is 0 Å². The van der Waals surface area contributed by atoms with Gasteiger partial charge in [0.2, 0.25) is 0 Å². The SMILES string of the molecule is COc1ccc2c(c1)[C@@]13CCCC[C@H]1[C@@H](C2)N(C(=O)C(F)(F)F)CC3. The molecule has 1 heterocycles. The summed E-state index contributed by atoms with van der Waals surface area (Å²) < 4.78 is 44.6. The number of hydrogen-bond acceptors (Lipinski definition) is 2. The van der Waals surface area contributed by atoms with Gasteiger partial charge in [-0.25, -0.2) is 0 Å². The summed E-state index contributed by atoms with van der Waals surface area (Å²) in [4.78, 5) is 13.1. The van der Waals surface area contributed by atoms with Gasteiger partial charge in [0.15, 0.2) is 0 Å². The van der Waals surface area contributed by atoms with Crippen molar-refractivity contribution in [2.75, 3.05) is 13.7 Å². The van der Waals surface area contributed by atoms with Crippen molar-refractivity contribution in [3.8, 4) is 5.75 Å². The minimum absolute atomic E-state index is 0.104. The molecule has 1 saturated heterocycles. The van der Waals surface area contributed by atoms with E-state index in [1.165, 1.54) is 5.56 Å². The average molecular weight is 353 g/mol. The maximum absolute atomic E-state index is 13.1. The number of benzene rings is 1. The van der Waals surface area contributed by atoms with Crippen molar-refractivity contribution in [2.45, 2.75) is 56.2 Å². The van der Waals surface area contributed by atoms with Gasteiger partial charge in [-0.2, -0.15) is 13.2 Å². The van der Waals surface area contributed by atoms with E-state index in [-0.39, 0.29) is 23.9 Å². The molecule has 0 N–H and O–H groups in total. The van der Waals surface area contributed by atoms with E-state index in [1.54, 1.807) is 7.11 Å². The second-order valence-electron chi connectivity index (χ2n) is 7.55. The fraction of sp³-hybridized carbons (Fsp3) is 0.632. The van der Waals surface area contributed by atoms with Crippen LogP contribution in [-0.2, 0) is 16.6 Å². The van der Waals surface area contributed by atoms with Crippen LogP contribution in [0.2, 0.25) is 0 Å². The molecule has 3 atom stereocenters. The predicted octanol–water partition coefficient (Wildman–Crippen LogP) is 3.84. The lowest BCUT2D eigenvalue weighted by Gasteiger charge is -2.59. The van der Waals surface area contributed by atoms with E-state index in [0.717, 1.165) is 41.9 Å². The highest BCUT2D eigenvalue weighted by Gasteiger charge is 2.57. The molecule has 4 rings (SSSR count). The summed E-state index contributed by atoms with van der Waals surface area (Å²) in [6.45, 7) is 0.191. The highest BCUT2D eigenvalue weighted by atomic mass is 19.4. The minimum Gasteiger partial charge on any atom is -0.497 e. The number of alkyl halides is 3. The van der Waals surface area contributed by atoms with Gasteiger partial charge in [-0.15, -0.1) is 0 Å². The molecule has 1 saturated carbocycles. The second kappa shape index (κ2) is 5.64. The molecule has 2 fully saturated rings.